The molecule has 0 radical (unpaired) electrons. The van der Waals surface area contributed by atoms with Crippen molar-refractivity contribution in [1.29, 1.82) is 0 Å². The van der Waals surface area contributed by atoms with Gasteiger partial charge in [-0.2, -0.15) is 0 Å². The second-order valence-electron chi connectivity index (χ2n) is 6.60. The smallest absolute Gasteiger partial charge is 0.00172 e. The van der Waals surface area contributed by atoms with Gasteiger partial charge in [0.2, 0.25) is 0 Å². The highest BCUT2D eigenvalue weighted by molar-refractivity contribution is 5.18. The molecule has 20 heavy (non-hydrogen) atoms. The predicted octanol–water partition coefficient (Wildman–Crippen LogP) is 4.76. The van der Waals surface area contributed by atoms with E-state index in [1.165, 1.54) is 31.4 Å². The fourth-order valence-corrected chi connectivity index (χ4v) is 3.41. The molecule has 1 aromatic carbocycles. The van der Waals surface area contributed by atoms with Gasteiger partial charge in [-0.25, -0.2) is 0 Å². The number of nitrogens with one attached hydrogen (secondary N) is 1. The summed E-state index contributed by atoms with van der Waals surface area (Å²) in [6.45, 7) is 9.25. The Hall–Kier alpha value is -1.08. The molecule has 0 heterocycles. The topological polar surface area (TPSA) is 12.0 Å². The van der Waals surface area contributed by atoms with Crippen LogP contribution >= 0.6 is 0 Å². The van der Waals surface area contributed by atoms with E-state index in [1.54, 1.807) is 5.57 Å². The summed E-state index contributed by atoms with van der Waals surface area (Å²) in [6.07, 6.45) is 6.29. The van der Waals surface area contributed by atoms with Crippen LogP contribution in [0.4, 0.5) is 0 Å². The summed E-state index contributed by atoms with van der Waals surface area (Å²) in [5, 5.41) is 3.67. The van der Waals surface area contributed by atoms with Crippen molar-refractivity contribution in [2.75, 3.05) is 13.1 Å². The van der Waals surface area contributed by atoms with Crippen molar-refractivity contribution < 1.29 is 0 Å². The van der Waals surface area contributed by atoms with E-state index in [0.29, 0.717) is 5.92 Å². The van der Waals surface area contributed by atoms with E-state index < -0.39 is 0 Å². The first-order chi connectivity index (χ1) is 9.65. The van der Waals surface area contributed by atoms with Crippen LogP contribution in [0, 0.1) is 11.8 Å². The summed E-state index contributed by atoms with van der Waals surface area (Å²) in [5.41, 5.74) is 3.03. The number of rotatable bonds is 6. The zero-order valence-corrected chi connectivity index (χ0v) is 13.2. The summed E-state index contributed by atoms with van der Waals surface area (Å²) in [5.74, 6) is 2.25. The average molecular weight is 271 g/mol. The molecule has 1 aliphatic carbocycles. The molecule has 0 saturated carbocycles. The SMILES string of the molecule is CC1=CC(C)CC(CNCCC(C)c2ccccc2)C1. The number of hydrogen-bond acceptors (Lipinski definition) is 1. The van der Waals surface area contributed by atoms with Gasteiger partial charge in [-0.05, 0) is 62.6 Å². The molecule has 1 aromatic rings. The second-order valence-corrected chi connectivity index (χ2v) is 6.60. The zero-order chi connectivity index (χ0) is 14.4. The number of allylic oxidation sites excluding steroid dienone is 2. The Bertz CT molecular complexity index is 421. The van der Waals surface area contributed by atoms with Crippen molar-refractivity contribution in [3.8, 4) is 0 Å². The minimum Gasteiger partial charge on any atom is -0.316 e. The van der Waals surface area contributed by atoms with E-state index in [2.05, 4.69) is 62.5 Å². The Morgan fingerprint density at radius 3 is 2.70 bits per heavy atom. The largest absolute Gasteiger partial charge is 0.316 e. The van der Waals surface area contributed by atoms with Crippen LogP contribution in [-0.2, 0) is 0 Å². The molecule has 3 atom stereocenters. The maximum atomic E-state index is 3.67. The lowest BCUT2D eigenvalue weighted by molar-refractivity contribution is 0.379. The Morgan fingerprint density at radius 2 is 2.00 bits per heavy atom. The minimum absolute atomic E-state index is 0.649. The van der Waals surface area contributed by atoms with Crippen molar-refractivity contribution in [2.45, 2.75) is 46.0 Å². The lowest BCUT2D eigenvalue weighted by Crippen LogP contribution is -2.27. The molecule has 0 aromatic heterocycles. The van der Waals surface area contributed by atoms with Gasteiger partial charge < -0.3 is 5.32 Å². The molecule has 0 aliphatic heterocycles. The third kappa shape index (κ3) is 4.79. The third-order valence-corrected chi connectivity index (χ3v) is 4.44. The fraction of sp³-hybridized carbons (Fsp3) is 0.579. The number of hydrogen-bond donors (Lipinski definition) is 1. The molecule has 1 nitrogen and oxygen atoms in total. The fourth-order valence-electron chi connectivity index (χ4n) is 3.41. The second kappa shape index (κ2) is 7.64. The quantitative estimate of drug-likeness (QED) is 0.581. The Labute approximate surface area is 124 Å². The highest BCUT2D eigenvalue weighted by Crippen LogP contribution is 2.27. The van der Waals surface area contributed by atoms with Crippen molar-refractivity contribution in [1.82, 2.24) is 5.32 Å². The average Bonchev–Trinajstić information content (AvgIpc) is 2.43. The molecule has 0 bridgehead atoms. The van der Waals surface area contributed by atoms with Gasteiger partial charge in [-0.15, -0.1) is 0 Å². The predicted molar refractivity (Wildman–Crippen MR) is 88.0 cm³/mol. The highest BCUT2D eigenvalue weighted by atomic mass is 14.9. The summed E-state index contributed by atoms with van der Waals surface area (Å²) < 4.78 is 0. The maximum absolute atomic E-state index is 3.67. The molecule has 0 fully saturated rings. The van der Waals surface area contributed by atoms with E-state index in [9.17, 15) is 0 Å². The monoisotopic (exact) mass is 271 g/mol. The Morgan fingerprint density at radius 1 is 1.25 bits per heavy atom. The molecule has 0 saturated heterocycles. The molecule has 0 spiro atoms. The standard InChI is InChI=1S/C19H29N/c1-15-11-16(2)13-18(12-15)14-20-10-9-17(3)19-7-5-4-6-8-19/h4-8,11,15,17-18,20H,9-10,12-14H2,1-3H3. The van der Waals surface area contributed by atoms with Crippen molar-refractivity contribution in [3.63, 3.8) is 0 Å². The normalized spacial score (nSPS) is 24.2. The first kappa shape index (κ1) is 15.3. The Kier molecular flexibility index (Phi) is 5.85. The van der Waals surface area contributed by atoms with E-state index in [-0.39, 0.29) is 0 Å². The van der Waals surface area contributed by atoms with E-state index >= 15 is 0 Å². The van der Waals surface area contributed by atoms with E-state index in [1.807, 2.05) is 0 Å². The molecule has 3 unspecified atom stereocenters. The van der Waals surface area contributed by atoms with Crippen LogP contribution in [-0.4, -0.2) is 13.1 Å². The molecule has 110 valence electrons. The lowest BCUT2D eigenvalue weighted by Gasteiger charge is -2.26. The van der Waals surface area contributed by atoms with Crippen LogP contribution < -0.4 is 5.32 Å². The van der Waals surface area contributed by atoms with E-state index in [4.69, 9.17) is 0 Å². The molecule has 1 heteroatoms. The summed E-state index contributed by atoms with van der Waals surface area (Å²) in [7, 11) is 0. The zero-order valence-electron chi connectivity index (χ0n) is 13.2. The first-order valence-corrected chi connectivity index (χ1v) is 8.08. The molecule has 1 N–H and O–H groups in total. The summed E-state index contributed by atoms with van der Waals surface area (Å²) >= 11 is 0. The summed E-state index contributed by atoms with van der Waals surface area (Å²) in [4.78, 5) is 0. The molecular formula is C19H29N. The molecule has 1 aliphatic rings. The van der Waals surface area contributed by atoms with Crippen LogP contribution in [0.5, 0.6) is 0 Å². The molecule has 0 amide bonds. The van der Waals surface area contributed by atoms with Crippen LogP contribution in [0.25, 0.3) is 0 Å². The molecular weight excluding hydrogens is 242 g/mol. The Balaban J connectivity index is 1.66. The molecule has 2 rings (SSSR count). The minimum atomic E-state index is 0.649. The highest BCUT2D eigenvalue weighted by Gasteiger charge is 2.17. The maximum Gasteiger partial charge on any atom is -0.00172 e. The van der Waals surface area contributed by atoms with Gasteiger partial charge in [0.05, 0.1) is 0 Å². The van der Waals surface area contributed by atoms with Gasteiger partial charge in [0.1, 0.15) is 0 Å². The van der Waals surface area contributed by atoms with Gasteiger partial charge in [0, 0.05) is 0 Å². The van der Waals surface area contributed by atoms with Crippen molar-refractivity contribution in [2.24, 2.45) is 11.8 Å². The van der Waals surface area contributed by atoms with Crippen LogP contribution in [0.2, 0.25) is 0 Å². The summed E-state index contributed by atoms with van der Waals surface area (Å²) in [6, 6.07) is 10.8. The first-order valence-electron chi connectivity index (χ1n) is 8.08. The number of benzene rings is 1. The van der Waals surface area contributed by atoms with Gasteiger partial charge in [-0.3, -0.25) is 0 Å². The van der Waals surface area contributed by atoms with Crippen LogP contribution in [0.15, 0.2) is 42.0 Å². The van der Waals surface area contributed by atoms with E-state index in [0.717, 1.165) is 18.4 Å². The van der Waals surface area contributed by atoms with Gasteiger partial charge in [0.25, 0.3) is 0 Å². The van der Waals surface area contributed by atoms with Crippen molar-refractivity contribution in [3.05, 3.63) is 47.5 Å². The van der Waals surface area contributed by atoms with Crippen LogP contribution in [0.3, 0.4) is 0 Å². The van der Waals surface area contributed by atoms with Gasteiger partial charge in [0.15, 0.2) is 0 Å². The lowest BCUT2D eigenvalue weighted by atomic mass is 9.83. The van der Waals surface area contributed by atoms with Gasteiger partial charge in [-0.1, -0.05) is 55.8 Å². The van der Waals surface area contributed by atoms with Gasteiger partial charge >= 0.3 is 0 Å². The van der Waals surface area contributed by atoms with Crippen molar-refractivity contribution >= 4 is 0 Å². The third-order valence-electron chi connectivity index (χ3n) is 4.44. The van der Waals surface area contributed by atoms with Crippen LogP contribution in [0.1, 0.15) is 51.5 Å².